The number of carbonyl (C=O) groups excluding carboxylic acids is 2. The van der Waals surface area contributed by atoms with E-state index in [1.165, 1.54) is 6.42 Å². The van der Waals surface area contributed by atoms with Crippen LogP contribution in [0.5, 0.6) is 0 Å². The van der Waals surface area contributed by atoms with Crippen molar-refractivity contribution in [2.45, 2.75) is 78.4 Å². The molecule has 1 aromatic carbocycles. The number of rotatable bonds is 4. The molecule has 0 spiro atoms. The normalized spacial score (nSPS) is 15.2. The number of carbonyl (C=O) groups is 2. The van der Waals surface area contributed by atoms with E-state index in [-0.39, 0.29) is 11.9 Å². The van der Waals surface area contributed by atoms with Crippen LogP contribution in [0.1, 0.15) is 90.9 Å². The molecule has 156 valence electrons. The van der Waals surface area contributed by atoms with Crippen LogP contribution in [0.25, 0.3) is 0 Å². The number of esters is 1. The minimum Gasteiger partial charge on any atom is -0.456 e. The molecule has 5 heteroatoms. The SMILES string of the molecule is Cc1c(C(=O)OC(C)(C)C)c(NC(=O)c2ccccc2)n(C2CCCCC2)c1C. The van der Waals surface area contributed by atoms with Crippen molar-refractivity contribution in [2.24, 2.45) is 0 Å². The second-order valence-corrected chi connectivity index (χ2v) is 8.92. The molecule has 1 N–H and O–H groups in total. The first-order valence-electron chi connectivity index (χ1n) is 10.5. The van der Waals surface area contributed by atoms with Gasteiger partial charge in [-0.15, -0.1) is 0 Å². The summed E-state index contributed by atoms with van der Waals surface area (Å²) in [5.74, 6) is -0.0454. The summed E-state index contributed by atoms with van der Waals surface area (Å²) in [7, 11) is 0. The average molecular weight is 397 g/mol. The van der Waals surface area contributed by atoms with Gasteiger partial charge >= 0.3 is 5.97 Å². The molecule has 0 atom stereocenters. The summed E-state index contributed by atoms with van der Waals surface area (Å²) in [4.78, 5) is 26.0. The number of anilines is 1. The molecular formula is C24H32N2O3. The fourth-order valence-electron chi connectivity index (χ4n) is 4.09. The lowest BCUT2D eigenvalue weighted by molar-refractivity contribution is 0.00700. The number of ether oxygens (including phenoxy) is 1. The molecule has 29 heavy (non-hydrogen) atoms. The van der Waals surface area contributed by atoms with Crippen molar-refractivity contribution < 1.29 is 14.3 Å². The van der Waals surface area contributed by atoms with E-state index in [2.05, 4.69) is 9.88 Å². The number of nitrogens with zero attached hydrogens (tertiary/aromatic N) is 1. The molecule has 1 aliphatic carbocycles. The van der Waals surface area contributed by atoms with Crippen molar-refractivity contribution in [3.05, 3.63) is 52.7 Å². The summed E-state index contributed by atoms with van der Waals surface area (Å²) in [6, 6.07) is 9.37. The number of hydrogen-bond acceptors (Lipinski definition) is 3. The Hall–Kier alpha value is -2.56. The zero-order valence-electron chi connectivity index (χ0n) is 18.2. The van der Waals surface area contributed by atoms with Crippen LogP contribution in [0.4, 0.5) is 5.82 Å². The van der Waals surface area contributed by atoms with E-state index in [9.17, 15) is 9.59 Å². The van der Waals surface area contributed by atoms with E-state index in [0.29, 0.717) is 16.9 Å². The molecule has 5 nitrogen and oxygen atoms in total. The molecule has 1 saturated carbocycles. The summed E-state index contributed by atoms with van der Waals surface area (Å²) in [6.45, 7) is 9.52. The predicted octanol–water partition coefficient (Wildman–Crippen LogP) is 5.82. The van der Waals surface area contributed by atoms with Crippen molar-refractivity contribution in [3.8, 4) is 0 Å². The van der Waals surface area contributed by atoms with Gasteiger partial charge in [-0.25, -0.2) is 4.79 Å². The van der Waals surface area contributed by atoms with E-state index >= 15 is 0 Å². The van der Waals surface area contributed by atoms with Crippen molar-refractivity contribution >= 4 is 17.7 Å². The molecule has 1 aromatic heterocycles. The van der Waals surface area contributed by atoms with Crippen molar-refractivity contribution in [3.63, 3.8) is 0 Å². The molecule has 0 bridgehead atoms. The molecule has 0 radical (unpaired) electrons. The Labute approximate surface area is 173 Å². The minimum absolute atomic E-state index is 0.218. The predicted molar refractivity (Wildman–Crippen MR) is 116 cm³/mol. The maximum absolute atomic E-state index is 13.1. The fraction of sp³-hybridized carbons (Fsp3) is 0.500. The Bertz CT molecular complexity index is 885. The molecule has 2 aromatic rings. The van der Waals surface area contributed by atoms with Crippen LogP contribution in [-0.2, 0) is 4.74 Å². The van der Waals surface area contributed by atoms with Crippen LogP contribution >= 0.6 is 0 Å². The van der Waals surface area contributed by atoms with Crippen molar-refractivity contribution in [1.82, 2.24) is 4.57 Å². The van der Waals surface area contributed by atoms with Gasteiger partial charge in [-0.1, -0.05) is 37.5 Å². The van der Waals surface area contributed by atoms with Crippen LogP contribution < -0.4 is 5.32 Å². The zero-order valence-corrected chi connectivity index (χ0v) is 18.2. The first-order valence-corrected chi connectivity index (χ1v) is 10.5. The van der Waals surface area contributed by atoms with E-state index < -0.39 is 11.6 Å². The lowest BCUT2D eigenvalue weighted by Gasteiger charge is -2.27. The number of amides is 1. The average Bonchev–Trinajstić information content (AvgIpc) is 2.92. The summed E-state index contributed by atoms with van der Waals surface area (Å²) < 4.78 is 7.85. The molecule has 0 unspecified atom stereocenters. The number of nitrogens with one attached hydrogen (secondary N) is 1. The quantitative estimate of drug-likeness (QED) is 0.663. The van der Waals surface area contributed by atoms with Gasteiger partial charge in [-0.05, 0) is 65.2 Å². The molecule has 0 aliphatic heterocycles. The summed E-state index contributed by atoms with van der Waals surface area (Å²) in [5.41, 5.74) is 2.31. The van der Waals surface area contributed by atoms with Crippen LogP contribution in [-0.4, -0.2) is 22.0 Å². The Morgan fingerprint density at radius 2 is 1.66 bits per heavy atom. The molecule has 0 saturated heterocycles. The third-order valence-corrected chi connectivity index (χ3v) is 5.57. The van der Waals surface area contributed by atoms with Gasteiger partial charge in [0.25, 0.3) is 5.91 Å². The van der Waals surface area contributed by atoms with E-state index in [1.807, 2.05) is 52.8 Å². The highest BCUT2D eigenvalue weighted by molar-refractivity contribution is 6.08. The Morgan fingerprint density at radius 3 is 2.24 bits per heavy atom. The summed E-state index contributed by atoms with van der Waals surface area (Å²) in [6.07, 6.45) is 5.67. The van der Waals surface area contributed by atoms with Gasteiger partial charge in [0.15, 0.2) is 0 Å². The van der Waals surface area contributed by atoms with Crippen LogP contribution in [0.2, 0.25) is 0 Å². The third kappa shape index (κ3) is 4.72. The number of aromatic nitrogens is 1. The molecule has 1 aliphatic rings. The highest BCUT2D eigenvalue weighted by Gasteiger charge is 2.31. The van der Waals surface area contributed by atoms with Crippen LogP contribution in [0.3, 0.4) is 0 Å². The second-order valence-electron chi connectivity index (χ2n) is 8.92. The molecule has 3 rings (SSSR count). The van der Waals surface area contributed by atoms with Gasteiger partial charge < -0.3 is 14.6 Å². The summed E-state index contributed by atoms with van der Waals surface area (Å²) in [5, 5.41) is 3.04. The van der Waals surface area contributed by atoms with Gasteiger partial charge in [0.1, 0.15) is 17.0 Å². The lowest BCUT2D eigenvalue weighted by atomic mass is 9.95. The molecule has 1 heterocycles. The van der Waals surface area contributed by atoms with Gasteiger partial charge in [0.2, 0.25) is 0 Å². The van der Waals surface area contributed by atoms with E-state index in [0.717, 1.165) is 36.9 Å². The first-order chi connectivity index (χ1) is 13.7. The van der Waals surface area contributed by atoms with Gasteiger partial charge in [-0.3, -0.25) is 4.79 Å². The van der Waals surface area contributed by atoms with Crippen molar-refractivity contribution in [2.75, 3.05) is 5.32 Å². The Kier molecular flexibility index (Phi) is 6.15. The monoisotopic (exact) mass is 396 g/mol. The Balaban J connectivity index is 2.07. The fourth-order valence-corrected chi connectivity index (χ4v) is 4.09. The van der Waals surface area contributed by atoms with Gasteiger partial charge in [-0.2, -0.15) is 0 Å². The minimum atomic E-state index is -0.606. The smallest absolute Gasteiger partial charge is 0.342 e. The van der Waals surface area contributed by atoms with Gasteiger partial charge in [0.05, 0.1) is 0 Å². The molecule has 1 amide bonds. The topological polar surface area (TPSA) is 60.3 Å². The summed E-state index contributed by atoms with van der Waals surface area (Å²) >= 11 is 0. The largest absolute Gasteiger partial charge is 0.456 e. The van der Waals surface area contributed by atoms with E-state index in [1.54, 1.807) is 12.1 Å². The first kappa shape index (κ1) is 21.2. The van der Waals surface area contributed by atoms with Crippen molar-refractivity contribution in [1.29, 1.82) is 0 Å². The highest BCUT2D eigenvalue weighted by Crippen LogP contribution is 2.38. The maximum atomic E-state index is 13.1. The maximum Gasteiger partial charge on any atom is 0.342 e. The standard InChI is InChI=1S/C24H32N2O3/c1-16-17(2)26(19-14-10-7-11-15-19)21(20(16)23(28)29-24(3,4)5)25-22(27)18-12-8-6-9-13-18/h6,8-9,12-13,19H,7,10-11,14-15H2,1-5H3,(H,25,27). The number of hydrogen-bond donors (Lipinski definition) is 1. The number of benzene rings is 1. The van der Waals surface area contributed by atoms with Crippen LogP contribution in [0.15, 0.2) is 30.3 Å². The third-order valence-electron chi connectivity index (χ3n) is 5.57. The Morgan fingerprint density at radius 1 is 1.03 bits per heavy atom. The second kappa shape index (κ2) is 8.44. The zero-order chi connectivity index (χ0) is 21.2. The molecule has 1 fully saturated rings. The highest BCUT2D eigenvalue weighted by atomic mass is 16.6. The van der Waals surface area contributed by atoms with Gasteiger partial charge in [0, 0.05) is 17.3 Å². The molecular weight excluding hydrogens is 364 g/mol. The van der Waals surface area contributed by atoms with E-state index in [4.69, 9.17) is 4.74 Å². The van der Waals surface area contributed by atoms with Crippen LogP contribution in [0, 0.1) is 13.8 Å². The lowest BCUT2D eigenvalue weighted by Crippen LogP contribution is -2.26.